The van der Waals surface area contributed by atoms with Gasteiger partial charge in [-0.05, 0) is 31.2 Å². The van der Waals surface area contributed by atoms with E-state index in [1.54, 1.807) is 44.7 Å². The molecule has 2 rings (SSSR count). The number of nitrogens with zero attached hydrogens (tertiary/aromatic N) is 4. The van der Waals surface area contributed by atoms with Gasteiger partial charge in [0, 0.05) is 31.9 Å². The lowest BCUT2D eigenvalue weighted by Crippen LogP contribution is -2.21. The summed E-state index contributed by atoms with van der Waals surface area (Å²) in [6.45, 7) is 2.75. The van der Waals surface area contributed by atoms with Gasteiger partial charge in [0.1, 0.15) is 6.33 Å². The van der Waals surface area contributed by atoms with Crippen LogP contribution >= 0.6 is 11.8 Å². The molecule has 1 N–H and O–H groups in total. The average molecular weight is 333 g/mol. The van der Waals surface area contributed by atoms with Crippen molar-refractivity contribution in [2.24, 2.45) is 0 Å². The van der Waals surface area contributed by atoms with Crippen molar-refractivity contribution in [2.75, 3.05) is 25.2 Å². The third-order valence-electron chi connectivity index (χ3n) is 3.07. The number of aryl methyl sites for hydroxylation is 1. The summed E-state index contributed by atoms with van der Waals surface area (Å²) in [5, 5.41) is 11.3. The molecule has 1 aromatic carbocycles. The molecule has 23 heavy (non-hydrogen) atoms. The van der Waals surface area contributed by atoms with Gasteiger partial charge in [-0.1, -0.05) is 11.8 Å². The molecule has 0 fully saturated rings. The summed E-state index contributed by atoms with van der Waals surface area (Å²) in [7, 11) is 3.40. The number of carbonyl (C=O) groups is 2. The zero-order valence-corrected chi connectivity index (χ0v) is 14.1. The first-order chi connectivity index (χ1) is 11.0. The van der Waals surface area contributed by atoms with Gasteiger partial charge in [-0.15, -0.1) is 10.2 Å². The maximum absolute atomic E-state index is 12.0. The van der Waals surface area contributed by atoms with Gasteiger partial charge in [0.25, 0.3) is 5.91 Å². The minimum atomic E-state index is -0.132. The largest absolute Gasteiger partial charge is 0.345 e. The third kappa shape index (κ3) is 4.56. The van der Waals surface area contributed by atoms with Gasteiger partial charge < -0.3 is 14.8 Å². The highest BCUT2D eigenvalue weighted by molar-refractivity contribution is 7.99. The number of nitrogens with one attached hydrogen (secondary N) is 1. The van der Waals surface area contributed by atoms with Crippen molar-refractivity contribution in [1.29, 1.82) is 0 Å². The van der Waals surface area contributed by atoms with E-state index in [9.17, 15) is 9.59 Å². The number of hydrogen-bond donors (Lipinski definition) is 1. The summed E-state index contributed by atoms with van der Waals surface area (Å²) in [5.41, 5.74) is 1.24. The molecule has 122 valence electrons. The van der Waals surface area contributed by atoms with E-state index in [1.807, 2.05) is 11.5 Å². The monoisotopic (exact) mass is 333 g/mol. The van der Waals surface area contributed by atoms with E-state index in [1.165, 1.54) is 16.7 Å². The standard InChI is InChI=1S/C15H19N5O2S/c1-4-20-10-16-18-15(20)23-9-13(21)17-12-7-5-11(6-8-12)14(22)19(2)3/h5-8,10H,4,9H2,1-3H3,(H,17,21). The zero-order valence-electron chi connectivity index (χ0n) is 13.3. The maximum Gasteiger partial charge on any atom is 0.253 e. The second kappa shape index (κ2) is 7.77. The van der Waals surface area contributed by atoms with Crippen LogP contribution in [0.5, 0.6) is 0 Å². The van der Waals surface area contributed by atoms with Crippen molar-refractivity contribution in [3.8, 4) is 0 Å². The maximum atomic E-state index is 12.0. The van der Waals surface area contributed by atoms with Gasteiger partial charge in [-0.3, -0.25) is 9.59 Å². The molecule has 0 saturated heterocycles. The van der Waals surface area contributed by atoms with Crippen molar-refractivity contribution in [1.82, 2.24) is 19.7 Å². The quantitative estimate of drug-likeness (QED) is 0.814. The highest BCUT2D eigenvalue weighted by atomic mass is 32.2. The molecule has 0 spiro atoms. The average Bonchev–Trinajstić information content (AvgIpc) is 3.00. The Morgan fingerprint density at radius 1 is 1.26 bits per heavy atom. The molecule has 2 aromatic rings. The first kappa shape index (κ1) is 17.0. The molecular formula is C15H19N5O2S. The van der Waals surface area contributed by atoms with E-state index < -0.39 is 0 Å². The summed E-state index contributed by atoms with van der Waals surface area (Å²) in [4.78, 5) is 25.3. The molecule has 0 aliphatic carbocycles. The Morgan fingerprint density at radius 2 is 1.96 bits per heavy atom. The number of carbonyl (C=O) groups excluding carboxylic acids is 2. The van der Waals surface area contributed by atoms with Crippen LogP contribution in [0.3, 0.4) is 0 Å². The Labute approximate surface area is 139 Å². The Morgan fingerprint density at radius 3 is 2.57 bits per heavy atom. The van der Waals surface area contributed by atoms with E-state index >= 15 is 0 Å². The Hall–Kier alpha value is -2.35. The minimum Gasteiger partial charge on any atom is -0.345 e. The summed E-state index contributed by atoms with van der Waals surface area (Å²) < 4.78 is 1.87. The molecule has 1 aromatic heterocycles. The van der Waals surface area contributed by atoms with Crippen LogP contribution in [0.25, 0.3) is 0 Å². The highest BCUT2D eigenvalue weighted by Gasteiger charge is 2.10. The number of amides is 2. The normalized spacial score (nSPS) is 10.4. The van der Waals surface area contributed by atoms with Crippen LogP contribution in [-0.2, 0) is 11.3 Å². The Kier molecular flexibility index (Phi) is 5.75. The van der Waals surface area contributed by atoms with E-state index in [0.29, 0.717) is 11.3 Å². The van der Waals surface area contributed by atoms with Crippen molar-refractivity contribution in [3.63, 3.8) is 0 Å². The van der Waals surface area contributed by atoms with Crippen molar-refractivity contribution >= 4 is 29.3 Å². The summed E-state index contributed by atoms with van der Waals surface area (Å²) in [6.07, 6.45) is 1.64. The molecule has 1 heterocycles. The lowest BCUT2D eigenvalue weighted by molar-refractivity contribution is -0.113. The molecule has 0 aliphatic heterocycles. The van der Waals surface area contributed by atoms with Crippen LogP contribution in [0.15, 0.2) is 35.7 Å². The van der Waals surface area contributed by atoms with Gasteiger partial charge in [-0.2, -0.15) is 0 Å². The fourth-order valence-corrected chi connectivity index (χ4v) is 2.63. The SMILES string of the molecule is CCn1cnnc1SCC(=O)Nc1ccc(C(=O)N(C)C)cc1. The van der Waals surface area contributed by atoms with Gasteiger partial charge in [0.15, 0.2) is 5.16 Å². The molecular weight excluding hydrogens is 314 g/mol. The number of rotatable bonds is 6. The lowest BCUT2D eigenvalue weighted by Gasteiger charge is -2.11. The first-order valence-electron chi connectivity index (χ1n) is 7.13. The fourth-order valence-electron chi connectivity index (χ4n) is 1.85. The molecule has 0 unspecified atom stereocenters. The van der Waals surface area contributed by atoms with Crippen LogP contribution in [0.1, 0.15) is 17.3 Å². The molecule has 0 radical (unpaired) electrons. The van der Waals surface area contributed by atoms with E-state index in [2.05, 4.69) is 15.5 Å². The van der Waals surface area contributed by atoms with Crippen LogP contribution in [0, 0.1) is 0 Å². The molecule has 8 heteroatoms. The number of aromatic nitrogens is 3. The lowest BCUT2D eigenvalue weighted by atomic mass is 10.2. The van der Waals surface area contributed by atoms with E-state index in [4.69, 9.17) is 0 Å². The smallest absolute Gasteiger partial charge is 0.253 e. The summed E-state index contributed by atoms with van der Waals surface area (Å²) in [5.74, 6) is 0.0431. The summed E-state index contributed by atoms with van der Waals surface area (Å²) >= 11 is 1.33. The second-order valence-corrected chi connectivity index (χ2v) is 5.96. The first-order valence-corrected chi connectivity index (χ1v) is 8.12. The van der Waals surface area contributed by atoms with Crippen molar-refractivity contribution in [3.05, 3.63) is 36.2 Å². The molecule has 7 nitrogen and oxygen atoms in total. The predicted molar refractivity (Wildman–Crippen MR) is 89.5 cm³/mol. The van der Waals surface area contributed by atoms with Crippen LogP contribution in [0.2, 0.25) is 0 Å². The van der Waals surface area contributed by atoms with Gasteiger partial charge in [0.2, 0.25) is 5.91 Å². The zero-order chi connectivity index (χ0) is 16.8. The van der Waals surface area contributed by atoms with Crippen LogP contribution in [0.4, 0.5) is 5.69 Å². The summed E-state index contributed by atoms with van der Waals surface area (Å²) in [6, 6.07) is 6.82. The van der Waals surface area contributed by atoms with Gasteiger partial charge in [-0.25, -0.2) is 0 Å². The molecule has 0 bridgehead atoms. The molecule has 0 atom stereocenters. The number of benzene rings is 1. The van der Waals surface area contributed by atoms with E-state index in [0.717, 1.165) is 11.7 Å². The van der Waals surface area contributed by atoms with Gasteiger partial charge >= 0.3 is 0 Å². The number of anilines is 1. The predicted octanol–water partition coefficient (Wildman–Crippen LogP) is 1.73. The third-order valence-corrected chi connectivity index (χ3v) is 4.06. The second-order valence-electron chi connectivity index (χ2n) is 5.01. The van der Waals surface area contributed by atoms with Crippen LogP contribution < -0.4 is 5.32 Å². The minimum absolute atomic E-state index is 0.0719. The van der Waals surface area contributed by atoms with Gasteiger partial charge in [0.05, 0.1) is 5.75 Å². The van der Waals surface area contributed by atoms with E-state index in [-0.39, 0.29) is 17.6 Å². The van der Waals surface area contributed by atoms with Crippen LogP contribution in [-0.4, -0.2) is 51.3 Å². The topological polar surface area (TPSA) is 80.1 Å². The Bertz CT molecular complexity index is 681. The Balaban J connectivity index is 1.89. The molecule has 0 aliphatic rings. The highest BCUT2D eigenvalue weighted by Crippen LogP contribution is 2.16. The fraction of sp³-hybridized carbons (Fsp3) is 0.333. The van der Waals surface area contributed by atoms with Crippen molar-refractivity contribution < 1.29 is 9.59 Å². The van der Waals surface area contributed by atoms with Crippen molar-refractivity contribution in [2.45, 2.75) is 18.6 Å². The number of hydrogen-bond acceptors (Lipinski definition) is 5. The molecule has 0 saturated carbocycles. The molecule has 2 amide bonds. The number of thioether (sulfide) groups is 1.